The maximum atomic E-state index is 5.72. The second-order valence-electron chi connectivity index (χ2n) is 10.5. The van der Waals surface area contributed by atoms with Crippen molar-refractivity contribution >= 4 is 0 Å². The Bertz CT molecular complexity index is 1310. The minimum absolute atomic E-state index is 0.161. The number of hydrogen-bond acceptors (Lipinski definition) is 7. The Morgan fingerprint density at radius 2 is 1.62 bits per heavy atom. The van der Waals surface area contributed by atoms with Crippen LogP contribution in [0.3, 0.4) is 0 Å². The Hall–Kier alpha value is -3.59. The van der Waals surface area contributed by atoms with Crippen LogP contribution in [0, 0.1) is 0 Å². The number of allylic oxidation sites excluding steroid dienone is 2. The van der Waals surface area contributed by atoms with E-state index in [-0.39, 0.29) is 24.3 Å². The number of fused-ring (bicyclic) bond motifs is 1. The molecule has 0 aliphatic carbocycles. The summed E-state index contributed by atoms with van der Waals surface area (Å²) in [5, 5.41) is 8.56. The van der Waals surface area contributed by atoms with Gasteiger partial charge < -0.3 is 29.2 Å². The number of epoxide rings is 1. The van der Waals surface area contributed by atoms with Crippen molar-refractivity contribution in [3.8, 4) is 11.5 Å². The third-order valence-electron chi connectivity index (χ3n) is 7.68. The highest BCUT2D eigenvalue weighted by Crippen LogP contribution is 2.31. The summed E-state index contributed by atoms with van der Waals surface area (Å²) < 4.78 is 24.1. The molecule has 4 atom stereocenters. The van der Waals surface area contributed by atoms with Crippen molar-refractivity contribution in [3.63, 3.8) is 0 Å². The van der Waals surface area contributed by atoms with E-state index in [9.17, 15) is 0 Å². The van der Waals surface area contributed by atoms with Crippen LogP contribution in [0.25, 0.3) is 0 Å². The van der Waals surface area contributed by atoms with Gasteiger partial charge in [0.05, 0.1) is 33.1 Å². The van der Waals surface area contributed by atoms with E-state index in [1.54, 1.807) is 21.3 Å². The van der Waals surface area contributed by atoms with E-state index in [0.29, 0.717) is 19.7 Å². The van der Waals surface area contributed by atoms with Crippen LogP contribution in [0.1, 0.15) is 47.7 Å². The number of ether oxygens (including phenoxy) is 4. The van der Waals surface area contributed by atoms with Gasteiger partial charge in [0.25, 0.3) is 0 Å². The normalized spacial score (nSPS) is 19.2. The van der Waals surface area contributed by atoms with Gasteiger partial charge in [-0.05, 0) is 47.7 Å². The first-order valence-corrected chi connectivity index (χ1v) is 13.8. The summed E-state index contributed by atoms with van der Waals surface area (Å²) in [5.74, 6) is 1.81. The summed E-state index contributed by atoms with van der Waals surface area (Å²) in [6.45, 7) is 7.16. The smallest absolute Gasteiger partial charge is 0.161 e. The lowest BCUT2D eigenvalue weighted by Crippen LogP contribution is -2.30. The molecule has 1 fully saturated rings. The summed E-state index contributed by atoms with van der Waals surface area (Å²) in [5.41, 5.74) is 5.75. The van der Waals surface area contributed by atoms with Crippen molar-refractivity contribution in [2.24, 2.45) is 0 Å². The molecule has 1 N–H and O–H groups in total. The molecule has 0 saturated carbocycles. The maximum absolute atomic E-state index is 5.72. The maximum Gasteiger partial charge on any atom is 0.161 e. The van der Waals surface area contributed by atoms with Gasteiger partial charge in [-0.1, -0.05) is 43.3 Å². The largest absolute Gasteiger partial charge is 0.497 e. The molecule has 0 amide bonds. The highest BCUT2D eigenvalue weighted by atomic mass is 16.6. The summed E-state index contributed by atoms with van der Waals surface area (Å²) in [6.07, 6.45) is 10.9. The van der Waals surface area contributed by atoms with Crippen molar-refractivity contribution in [3.05, 3.63) is 101 Å². The minimum Gasteiger partial charge on any atom is -0.497 e. The highest BCUT2D eigenvalue weighted by Gasteiger charge is 2.41. The van der Waals surface area contributed by atoms with E-state index < -0.39 is 0 Å². The first kappa shape index (κ1) is 28.0. The SMILES string of the molecule is COCc1nn(Cc2ccc(CN3C=CC=CC4OC43)cc2)cc1C(C)C(C)NCc1cc(OC)cc(OC)c1. The topological polar surface area (TPSA) is 73.3 Å². The highest BCUT2D eigenvalue weighted by molar-refractivity contribution is 5.38. The Kier molecular flexibility index (Phi) is 8.89. The van der Waals surface area contributed by atoms with Crippen LogP contribution in [-0.4, -0.2) is 54.4 Å². The zero-order valence-corrected chi connectivity index (χ0v) is 24.0. The standard InChI is InChI=1S/C32H40N4O4/c1-22(23(2)33-17-26-14-27(38-4)16-28(15-26)39-5)29-20-36(34-30(29)21-37-3)19-25-11-9-24(10-12-25)18-35-13-7-6-8-31-32(35)40-31/h6-16,20,22-23,31-33H,17-19,21H2,1-5H3. The minimum atomic E-state index is 0.161. The first-order chi connectivity index (χ1) is 19.5. The van der Waals surface area contributed by atoms with Crippen LogP contribution in [0.4, 0.5) is 0 Å². The van der Waals surface area contributed by atoms with Gasteiger partial charge in [0.2, 0.25) is 0 Å². The number of benzene rings is 2. The second-order valence-corrected chi connectivity index (χ2v) is 10.5. The first-order valence-electron chi connectivity index (χ1n) is 13.8. The molecule has 1 saturated heterocycles. The average Bonchev–Trinajstić information content (AvgIpc) is 3.68. The third kappa shape index (κ3) is 6.75. The number of aromatic nitrogens is 2. The van der Waals surface area contributed by atoms with Crippen molar-refractivity contribution in [1.82, 2.24) is 20.0 Å². The summed E-state index contributed by atoms with van der Waals surface area (Å²) in [7, 11) is 5.06. The molecule has 3 heterocycles. The molecule has 2 aromatic carbocycles. The molecule has 0 radical (unpaired) electrons. The molecule has 2 aliphatic rings. The van der Waals surface area contributed by atoms with Crippen molar-refractivity contribution in [2.45, 2.75) is 64.4 Å². The Balaban J connectivity index is 1.22. The summed E-state index contributed by atoms with van der Waals surface area (Å²) in [4.78, 5) is 2.25. The third-order valence-corrected chi connectivity index (χ3v) is 7.68. The molecule has 1 aromatic heterocycles. The van der Waals surface area contributed by atoms with Crippen molar-refractivity contribution in [1.29, 1.82) is 0 Å². The van der Waals surface area contributed by atoms with E-state index in [0.717, 1.165) is 29.3 Å². The molecule has 5 rings (SSSR count). The van der Waals surface area contributed by atoms with Gasteiger partial charge in [-0.2, -0.15) is 5.10 Å². The van der Waals surface area contributed by atoms with E-state index in [1.165, 1.54) is 16.7 Å². The van der Waals surface area contributed by atoms with E-state index in [4.69, 9.17) is 24.0 Å². The molecular weight excluding hydrogens is 504 g/mol. The molecule has 212 valence electrons. The summed E-state index contributed by atoms with van der Waals surface area (Å²) >= 11 is 0. The molecule has 40 heavy (non-hydrogen) atoms. The lowest BCUT2D eigenvalue weighted by Gasteiger charge is -2.22. The molecule has 8 heteroatoms. The predicted octanol–water partition coefficient (Wildman–Crippen LogP) is 4.99. The van der Waals surface area contributed by atoms with Gasteiger partial charge in [-0.3, -0.25) is 4.68 Å². The Morgan fingerprint density at radius 3 is 2.30 bits per heavy atom. The van der Waals surface area contributed by atoms with Gasteiger partial charge >= 0.3 is 0 Å². The Morgan fingerprint density at radius 1 is 0.925 bits per heavy atom. The van der Waals surface area contributed by atoms with Crippen LogP contribution in [0.15, 0.2) is 73.1 Å². The van der Waals surface area contributed by atoms with Crippen molar-refractivity contribution in [2.75, 3.05) is 21.3 Å². The van der Waals surface area contributed by atoms with Gasteiger partial charge in [0, 0.05) is 50.3 Å². The number of hydrogen-bond donors (Lipinski definition) is 1. The molecule has 4 unspecified atom stereocenters. The predicted molar refractivity (Wildman–Crippen MR) is 155 cm³/mol. The number of nitrogens with one attached hydrogen (secondary N) is 1. The molecule has 2 aliphatic heterocycles. The average molecular weight is 545 g/mol. The van der Waals surface area contributed by atoms with Crippen LogP contribution in [-0.2, 0) is 35.7 Å². The fourth-order valence-electron chi connectivity index (χ4n) is 5.11. The van der Waals surface area contributed by atoms with Gasteiger partial charge in [-0.25, -0.2) is 0 Å². The number of rotatable bonds is 13. The molecular formula is C32H40N4O4. The van der Waals surface area contributed by atoms with E-state index in [2.05, 4.69) is 79.0 Å². The van der Waals surface area contributed by atoms with Crippen molar-refractivity contribution < 1.29 is 18.9 Å². The van der Waals surface area contributed by atoms with Gasteiger partial charge in [0.15, 0.2) is 6.23 Å². The van der Waals surface area contributed by atoms with Gasteiger partial charge in [-0.15, -0.1) is 0 Å². The van der Waals surface area contributed by atoms with Crippen LogP contribution in [0.2, 0.25) is 0 Å². The summed E-state index contributed by atoms with van der Waals surface area (Å²) in [6, 6.07) is 14.9. The fraction of sp³-hybridized carbons (Fsp3) is 0.406. The second kappa shape index (κ2) is 12.7. The van der Waals surface area contributed by atoms with E-state index >= 15 is 0 Å². The quantitative estimate of drug-likeness (QED) is 0.304. The molecule has 0 spiro atoms. The molecule has 0 bridgehead atoms. The molecule has 3 aromatic rings. The lowest BCUT2D eigenvalue weighted by atomic mass is 9.94. The number of methoxy groups -OCH3 is 3. The lowest BCUT2D eigenvalue weighted by molar-refractivity contribution is 0.179. The van der Waals surface area contributed by atoms with Crippen LogP contribution in [0.5, 0.6) is 11.5 Å². The van der Waals surface area contributed by atoms with Crippen LogP contribution >= 0.6 is 0 Å². The van der Waals surface area contributed by atoms with E-state index in [1.807, 2.05) is 22.9 Å². The Labute approximate surface area is 237 Å². The monoisotopic (exact) mass is 544 g/mol. The zero-order valence-electron chi connectivity index (χ0n) is 24.0. The van der Waals surface area contributed by atoms with Gasteiger partial charge in [0.1, 0.15) is 17.6 Å². The zero-order chi connectivity index (χ0) is 28.1. The molecule has 8 nitrogen and oxygen atoms in total. The number of nitrogens with zero attached hydrogens (tertiary/aromatic N) is 3. The fourth-order valence-corrected chi connectivity index (χ4v) is 5.11. The van der Waals surface area contributed by atoms with Crippen LogP contribution < -0.4 is 14.8 Å².